The molecule has 0 radical (unpaired) electrons. The summed E-state index contributed by atoms with van der Waals surface area (Å²) in [7, 11) is 3.02. The van der Waals surface area contributed by atoms with Crippen LogP contribution in [0.4, 0.5) is 20.6 Å². The molecule has 0 spiro atoms. The molecule has 0 saturated heterocycles. The van der Waals surface area contributed by atoms with E-state index in [1.54, 1.807) is 55.5 Å². The van der Waals surface area contributed by atoms with Gasteiger partial charge in [0.15, 0.2) is 17.6 Å². The minimum Gasteiger partial charge on any atom is -0.493 e. The average molecular weight is 559 g/mol. The molecule has 0 bridgehead atoms. The van der Waals surface area contributed by atoms with Crippen molar-refractivity contribution in [2.45, 2.75) is 20.0 Å². The Hall–Kier alpha value is -5.05. The summed E-state index contributed by atoms with van der Waals surface area (Å²) in [6.07, 6.45) is -0.850. The maximum Gasteiger partial charge on any atom is 0.341 e. The summed E-state index contributed by atoms with van der Waals surface area (Å²) < 4.78 is 37.0. The van der Waals surface area contributed by atoms with E-state index >= 15 is 0 Å². The molecular formula is C32H31FN2O6. The zero-order chi connectivity index (χ0) is 29.4. The quantitative estimate of drug-likeness (QED) is 0.201. The molecule has 0 aromatic heterocycles. The number of aryl methyl sites for hydroxylation is 1. The highest BCUT2D eigenvalue weighted by atomic mass is 19.1. The van der Waals surface area contributed by atoms with E-state index < -0.39 is 23.9 Å². The fourth-order valence-electron chi connectivity index (χ4n) is 4.15. The Balaban J connectivity index is 1.63. The van der Waals surface area contributed by atoms with E-state index in [-0.39, 0.29) is 17.9 Å². The van der Waals surface area contributed by atoms with Gasteiger partial charge in [0, 0.05) is 23.0 Å². The molecule has 212 valence electrons. The Morgan fingerprint density at radius 1 is 0.805 bits per heavy atom. The smallest absolute Gasteiger partial charge is 0.341 e. The van der Waals surface area contributed by atoms with Gasteiger partial charge in [-0.1, -0.05) is 48.0 Å². The van der Waals surface area contributed by atoms with Gasteiger partial charge in [-0.05, 0) is 55.8 Å². The lowest BCUT2D eigenvalue weighted by atomic mass is 9.99. The highest BCUT2D eigenvalue weighted by Crippen LogP contribution is 2.34. The van der Waals surface area contributed by atoms with E-state index in [4.69, 9.17) is 18.9 Å². The van der Waals surface area contributed by atoms with Crippen molar-refractivity contribution in [1.82, 2.24) is 0 Å². The summed E-state index contributed by atoms with van der Waals surface area (Å²) >= 11 is 0. The molecule has 8 nitrogen and oxygen atoms in total. The second kappa shape index (κ2) is 13.3. The number of amides is 2. The van der Waals surface area contributed by atoms with Gasteiger partial charge in [0.1, 0.15) is 17.1 Å². The molecule has 9 heteroatoms. The largest absolute Gasteiger partial charge is 0.493 e. The molecular weight excluding hydrogens is 527 g/mol. The van der Waals surface area contributed by atoms with Crippen LogP contribution >= 0.6 is 0 Å². The van der Waals surface area contributed by atoms with Crippen LogP contribution in [0.15, 0.2) is 84.9 Å². The van der Waals surface area contributed by atoms with Crippen molar-refractivity contribution in [2.24, 2.45) is 0 Å². The molecule has 1 atom stereocenters. The first-order valence-electron chi connectivity index (χ1n) is 12.9. The van der Waals surface area contributed by atoms with Crippen LogP contribution in [0.25, 0.3) is 0 Å². The van der Waals surface area contributed by atoms with Crippen molar-refractivity contribution >= 4 is 23.4 Å². The van der Waals surface area contributed by atoms with Crippen LogP contribution < -0.4 is 24.8 Å². The Kier molecular flexibility index (Phi) is 9.42. The van der Waals surface area contributed by atoms with Crippen molar-refractivity contribution in [1.29, 1.82) is 0 Å². The minimum absolute atomic E-state index is 0.0733. The van der Waals surface area contributed by atoms with Gasteiger partial charge in [0.2, 0.25) is 0 Å². The van der Waals surface area contributed by atoms with E-state index in [2.05, 4.69) is 10.6 Å². The second-order valence-electron chi connectivity index (χ2n) is 9.01. The first kappa shape index (κ1) is 28.9. The van der Waals surface area contributed by atoms with Gasteiger partial charge < -0.3 is 29.6 Å². The third-order valence-electron chi connectivity index (χ3n) is 6.19. The van der Waals surface area contributed by atoms with Gasteiger partial charge in [0.05, 0.1) is 20.8 Å². The van der Waals surface area contributed by atoms with Crippen LogP contribution in [0.5, 0.6) is 17.2 Å². The van der Waals surface area contributed by atoms with E-state index in [9.17, 15) is 14.0 Å². The van der Waals surface area contributed by atoms with Gasteiger partial charge in [0.25, 0.3) is 0 Å². The molecule has 41 heavy (non-hydrogen) atoms. The number of nitrogens with one attached hydrogen (secondary N) is 2. The van der Waals surface area contributed by atoms with Gasteiger partial charge in [-0.15, -0.1) is 0 Å². The van der Waals surface area contributed by atoms with Crippen molar-refractivity contribution < 1.29 is 32.9 Å². The van der Waals surface area contributed by atoms with Crippen LogP contribution in [0.2, 0.25) is 0 Å². The summed E-state index contributed by atoms with van der Waals surface area (Å²) in [4.78, 5) is 25.7. The molecule has 4 rings (SSSR count). The molecule has 0 saturated carbocycles. The van der Waals surface area contributed by atoms with E-state index in [0.29, 0.717) is 34.0 Å². The van der Waals surface area contributed by atoms with Crippen molar-refractivity contribution in [3.63, 3.8) is 0 Å². The lowest BCUT2D eigenvalue weighted by Gasteiger charge is -2.22. The van der Waals surface area contributed by atoms with Crippen LogP contribution in [0.3, 0.4) is 0 Å². The number of methoxy groups -OCH3 is 2. The summed E-state index contributed by atoms with van der Waals surface area (Å²) in [5, 5.41) is 5.42. The summed E-state index contributed by atoms with van der Waals surface area (Å²) in [6.45, 7) is 3.77. The van der Waals surface area contributed by atoms with E-state index in [1.807, 2.05) is 31.2 Å². The maximum atomic E-state index is 14.9. The SMILES string of the molecule is CCOC(=O)c1cc(NC(=O)Nc2ccc(OC)c(OC)c2)ccc1OC(c1ccc(C)cc1)c1ccccc1F. The topological polar surface area (TPSA) is 95.1 Å². The number of urea groups is 1. The molecule has 0 aliphatic rings. The number of esters is 1. The maximum absolute atomic E-state index is 14.9. The van der Waals surface area contributed by atoms with Crippen molar-refractivity contribution in [2.75, 3.05) is 31.5 Å². The third kappa shape index (κ3) is 7.13. The summed E-state index contributed by atoms with van der Waals surface area (Å²) in [6, 6.07) is 22.8. The molecule has 0 aliphatic carbocycles. The zero-order valence-electron chi connectivity index (χ0n) is 23.2. The van der Waals surface area contributed by atoms with E-state index in [0.717, 1.165) is 5.56 Å². The number of rotatable bonds is 10. The van der Waals surface area contributed by atoms with E-state index in [1.165, 1.54) is 26.4 Å². The van der Waals surface area contributed by atoms with Crippen LogP contribution in [0, 0.1) is 12.7 Å². The fourth-order valence-corrected chi connectivity index (χ4v) is 4.15. The predicted octanol–water partition coefficient (Wildman–Crippen LogP) is 7.14. The highest BCUT2D eigenvalue weighted by Gasteiger charge is 2.24. The predicted molar refractivity (Wildman–Crippen MR) is 155 cm³/mol. The number of hydrogen-bond acceptors (Lipinski definition) is 6. The molecule has 4 aromatic carbocycles. The minimum atomic E-state index is -0.850. The number of ether oxygens (including phenoxy) is 4. The lowest BCUT2D eigenvalue weighted by molar-refractivity contribution is 0.0520. The van der Waals surface area contributed by atoms with Crippen LogP contribution in [-0.4, -0.2) is 32.8 Å². The summed E-state index contributed by atoms with van der Waals surface area (Å²) in [5.41, 5.74) is 2.90. The standard InChI is InChI=1S/C32H31FN2O6/c1-5-40-31(36)25-18-22(34-32(37)35-23-15-17-28(38-3)29(19-23)39-4)14-16-27(25)41-30(21-12-10-20(2)11-13-21)24-8-6-7-9-26(24)33/h6-19,30H,5H2,1-4H3,(H2,34,35,37). The third-order valence-corrected chi connectivity index (χ3v) is 6.19. The second-order valence-corrected chi connectivity index (χ2v) is 9.01. The Morgan fingerprint density at radius 2 is 1.44 bits per heavy atom. The van der Waals surface area contributed by atoms with Crippen molar-refractivity contribution in [3.8, 4) is 17.2 Å². The van der Waals surface area contributed by atoms with Crippen molar-refractivity contribution in [3.05, 3.63) is 113 Å². The van der Waals surface area contributed by atoms with Gasteiger partial charge in [-0.2, -0.15) is 0 Å². The fraction of sp³-hybridized carbons (Fsp3) is 0.188. The number of benzene rings is 4. The molecule has 0 aliphatic heterocycles. The molecule has 1 unspecified atom stereocenters. The first-order valence-corrected chi connectivity index (χ1v) is 12.9. The first-order chi connectivity index (χ1) is 19.8. The normalized spacial score (nSPS) is 11.2. The Labute approximate surface area is 238 Å². The van der Waals surface area contributed by atoms with Gasteiger partial charge in [-0.25, -0.2) is 14.0 Å². The molecule has 0 heterocycles. The lowest BCUT2D eigenvalue weighted by Crippen LogP contribution is -2.20. The zero-order valence-corrected chi connectivity index (χ0v) is 23.2. The molecule has 2 amide bonds. The molecule has 2 N–H and O–H groups in total. The molecule has 0 fully saturated rings. The van der Waals surface area contributed by atoms with Crippen LogP contribution in [0.1, 0.15) is 40.1 Å². The summed E-state index contributed by atoms with van der Waals surface area (Å²) in [5.74, 6) is 0.0495. The monoisotopic (exact) mass is 558 g/mol. The number of anilines is 2. The molecule has 4 aromatic rings. The Morgan fingerprint density at radius 3 is 2.07 bits per heavy atom. The average Bonchev–Trinajstić information content (AvgIpc) is 2.97. The number of halogens is 1. The number of hydrogen-bond donors (Lipinski definition) is 2. The van der Waals surface area contributed by atoms with Gasteiger partial charge in [-0.3, -0.25) is 0 Å². The highest BCUT2D eigenvalue weighted by molar-refractivity contribution is 6.01. The van der Waals surface area contributed by atoms with Gasteiger partial charge >= 0.3 is 12.0 Å². The number of carbonyl (C=O) groups excluding carboxylic acids is 2. The number of carbonyl (C=O) groups is 2. The Bertz CT molecular complexity index is 1520. The van der Waals surface area contributed by atoms with Crippen LogP contribution in [-0.2, 0) is 4.74 Å².